The molecule has 2 aliphatic carbocycles. The minimum absolute atomic E-state index is 0.0312. The molecule has 0 saturated heterocycles. The molecule has 2 saturated carbocycles. The molecule has 0 amide bonds. The molecule has 0 bridgehead atoms. The maximum Gasteiger partial charge on any atom is 0.270 e. The third kappa shape index (κ3) is 4.70. The second-order valence-corrected chi connectivity index (χ2v) is 10.6. The Morgan fingerprint density at radius 1 is 1.05 bits per heavy atom. The number of rotatable bonds is 6. The Labute approximate surface area is 221 Å². The number of nitriles is 2. The largest absolute Gasteiger partial charge is 0.393 e. The quantitative estimate of drug-likeness (QED) is 0.532. The van der Waals surface area contributed by atoms with Gasteiger partial charge in [0, 0.05) is 38.4 Å². The number of pyridine rings is 2. The zero-order chi connectivity index (χ0) is 27.0. The van der Waals surface area contributed by atoms with Crippen molar-refractivity contribution in [3.05, 3.63) is 63.8 Å². The highest BCUT2D eigenvalue weighted by molar-refractivity contribution is 5.92. The normalized spacial score (nSPS) is 22.8. The van der Waals surface area contributed by atoms with Crippen LogP contribution >= 0.6 is 0 Å². The first kappa shape index (κ1) is 25.7. The molecule has 0 atom stereocenters. The van der Waals surface area contributed by atoms with Crippen molar-refractivity contribution < 1.29 is 9.50 Å². The lowest BCUT2D eigenvalue weighted by Gasteiger charge is -2.44. The molecule has 196 valence electrons. The lowest BCUT2D eigenvalue weighted by Crippen LogP contribution is -2.47. The summed E-state index contributed by atoms with van der Waals surface area (Å²) in [6, 6.07) is 14.4. The molecular weight excluding hydrogens is 483 g/mol. The topological polar surface area (TPSA) is 109 Å². The molecule has 9 heteroatoms. The van der Waals surface area contributed by atoms with Gasteiger partial charge in [-0.15, -0.1) is 0 Å². The van der Waals surface area contributed by atoms with Gasteiger partial charge in [-0.1, -0.05) is 0 Å². The number of benzene rings is 1. The minimum Gasteiger partial charge on any atom is -0.393 e. The Bertz CT molecular complexity index is 1470. The van der Waals surface area contributed by atoms with Gasteiger partial charge in [0.2, 0.25) is 0 Å². The highest BCUT2D eigenvalue weighted by atomic mass is 19.1. The van der Waals surface area contributed by atoms with Crippen LogP contribution in [0.5, 0.6) is 0 Å². The van der Waals surface area contributed by atoms with Crippen molar-refractivity contribution in [2.24, 2.45) is 13.0 Å². The van der Waals surface area contributed by atoms with Crippen LogP contribution in [0, 0.1) is 34.4 Å². The number of aliphatic hydroxyl groups excluding tert-OH is 1. The molecule has 3 aromatic rings. The first-order valence-electron chi connectivity index (χ1n) is 13.1. The standard InChI is InChI=1S/C29H31FN6O2/c1-34(28-25(16-32)29(38)35(2)26-12-5-20(15-31)33-27(26)28)21-8-10-23(11-9-21)36(17-18-13-24(37)14-18)22-6-3-19(30)4-7-22/h3-7,12,18,21,23-24,37H,8-11,13-14,17H2,1-2H3/t18-,21?,23?,24-. The van der Waals surface area contributed by atoms with Gasteiger partial charge >= 0.3 is 0 Å². The molecule has 2 aromatic heterocycles. The lowest BCUT2D eigenvalue weighted by atomic mass is 9.81. The SMILES string of the molecule is CN(c1c(C#N)c(=O)n(C)c2ccc(C#N)nc12)C1CCC(N(C[C@H]2C[C@H](O)C2)c2ccc(F)cc2)CC1. The number of aryl methyl sites for hydroxylation is 1. The highest BCUT2D eigenvalue weighted by Gasteiger charge is 2.34. The molecule has 5 rings (SSSR count). The summed E-state index contributed by atoms with van der Waals surface area (Å²) >= 11 is 0. The average molecular weight is 515 g/mol. The number of aromatic nitrogens is 2. The van der Waals surface area contributed by atoms with E-state index in [9.17, 15) is 24.8 Å². The predicted molar refractivity (Wildman–Crippen MR) is 143 cm³/mol. The number of halogens is 1. The number of fused-ring (bicyclic) bond motifs is 1. The molecule has 1 aromatic carbocycles. The molecule has 0 unspecified atom stereocenters. The molecule has 2 aliphatic rings. The van der Waals surface area contributed by atoms with Gasteiger partial charge in [0.05, 0.1) is 17.3 Å². The summed E-state index contributed by atoms with van der Waals surface area (Å²) in [7, 11) is 3.51. The first-order chi connectivity index (χ1) is 18.3. The van der Waals surface area contributed by atoms with E-state index in [1.165, 1.54) is 16.7 Å². The van der Waals surface area contributed by atoms with Crippen LogP contribution < -0.4 is 15.4 Å². The minimum atomic E-state index is -0.382. The van der Waals surface area contributed by atoms with E-state index in [1.807, 2.05) is 24.1 Å². The number of nitrogens with zero attached hydrogens (tertiary/aromatic N) is 6. The van der Waals surface area contributed by atoms with Crippen molar-refractivity contribution in [3.8, 4) is 12.1 Å². The molecule has 0 aliphatic heterocycles. The van der Waals surface area contributed by atoms with Crippen molar-refractivity contribution in [1.29, 1.82) is 10.5 Å². The third-order valence-corrected chi connectivity index (χ3v) is 8.27. The molecule has 0 radical (unpaired) electrons. The van der Waals surface area contributed by atoms with E-state index in [0.29, 0.717) is 22.6 Å². The van der Waals surface area contributed by atoms with Crippen LogP contribution in [0.2, 0.25) is 0 Å². The van der Waals surface area contributed by atoms with E-state index < -0.39 is 0 Å². The molecule has 38 heavy (non-hydrogen) atoms. The fourth-order valence-electron chi connectivity index (χ4n) is 6.07. The summed E-state index contributed by atoms with van der Waals surface area (Å²) in [6.07, 6.45) is 4.82. The molecular formula is C29H31FN6O2. The van der Waals surface area contributed by atoms with E-state index in [-0.39, 0.29) is 40.8 Å². The van der Waals surface area contributed by atoms with E-state index in [2.05, 4.69) is 22.0 Å². The van der Waals surface area contributed by atoms with Gasteiger partial charge in [-0.05, 0) is 80.8 Å². The van der Waals surface area contributed by atoms with Gasteiger partial charge in [0.1, 0.15) is 34.7 Å². The molecule has 2 heterocycles. The Kier molecular flexibility index (Phi) is 7.05. The van der Waals surface area contributed by atoms with Crippen molar-refractivity contribution in [2.75, 3.05) is 23.4 Å². The van der Waals surface area contributed by atoms with E-state index in [0.717, 1.165) is 50.8 Å². The zero-order valence-electron chi connectivity index (χ0n) is 21.6. The van der Waals surface area contributed by atoms with Gasteiger partial charge in [0.25, 0.3) is 5.56 Å². The fourth-order valence-corrected chi connectivity index (χ4v) is 6.07. The summed E-state index contributed by atoms with van der Waals surface area (Å²) in [5, 5.41) is 29.1. The third-order valence-electron chi connectivity index (χ3n) is 8.27. The fraction of sp³-hybridized carbons (Fsp3) is 0.448. The Hall–Kier alpha value is -3.95. The van der Waals surface area contributed by atoms with Crippen LogP contribution in [-0.4, -0.2) is 46.4 Å². The monoisotopic (exact) mass is 514 g/mol. The van der Waals surface area contributed by atoms with Gasteiger partial charge in [-0.2, -0.15) is 10.5 Å². The van der Waals surface area contributed by atoms with E-state index in [4.69, 9.17) is 0 Å². The second kappa shape index (κ2) is 10.4. The molecule has 2 fully saturated rings. The zero-order valence-corrected chi connectivity index (χ0v) is 21.6. The van der Waals surface area contributed by atoms with Crippen molar-refractivity contribution in [2.45, 2.75) is 56.7 Å². The van der Waals surface area contributed by atoms with Crippen molar-refractivity contribution in [3.63, 3.8) is 0 Å². The second-order valence-electron chi connectivity index (χ2n) is 10.6. The number of hydrogen-bond acceptors (Lipinski definition) is 7. The summed E-state index contributed by atoms with van der Waals surface area (Å²) in [6.45, 7) is 0.826. The van der Waals surface area contributed by atoms with Crippen LogP contribution in [0.1, 0.15) is 49.8 Å². The Morgan fingerprint density at radius 3 is 2.32 bits per heavy atom. The number of aliphatic hydroxyl groups is 1. The lowest BCUT2D eigenvalue weighted by molar-refractivity contribution is 0.0448. The maximum atomic E-state index is 13.6. The van der Waals surface area contributed by atoms with Crippen LogP contribution in [0.15, 0.2) is 41.2 Å². The van der Waals surface area contributed by atoms with Crippen molar-refractivity contribution in [1.82, 2.24) is 9.55 Å². The van der Waals surface area contributed by atoms with Gasteiger partial charge in [-0.25, -0.2) is 9.37 Å². The van der Waals surface area contributed by atoms with Gasteiger partial charge < -0.3 is 19.5 Å². The van der Waals surface area contributed by atoms with Crippen LogP contribution in [-0.2, 0) is 7.05 Å². The Balaban J connectivity index is 1.41. The van der Waals surface area contributed by atoms with Gasteiger partial charge in [0.15, 0.2) is 0 Å². The van der Waals surface area contributed by atoms with Crippen LogP contribution in [0.3, 0.4) is 0 Å². The van der Waals surface area contributed by atoms with E-state index in [1.54, 1.807) is 19.2 Å². The number of anilines is 2. The summed E-state index contributed by atoms with van der Waals surface area (Å²) in [4.78, 5) is 21.9. The van der Waals surface area contributed by atoms with Gasteiger partial charge in [-0.3, -0.25) is 4.79 Å². The molecule has 8 nitrogen and oxygen atoms in total. The summed E-state index contributed by atoms with van der Waals surface area (Å²) in [5.41, 5.74) is 2.40. The van der Waals surface area contributed by atoms with Crippen LogP contribution in [0.4, 0.5) is 15.8 Å². The van der Waals surface area contributed by atoms with Crippen LogP contribution in [0.25, 0.3) is 11.0 Å². The average Bonchev–Trinajstić information content (AvgIpc) is 2.92. The summed E-state index contributed by atoms with van der Waals surface area (Å²) < 4.78 is 15.0. The van der Waals surface area contributed by atoms with E-state index >= 15 is 0 Å². The Morgan fingerprint density at radius 2 is 1.71 bits per heavy atom. The maximum absolute atomic E-state index is 13.6. The molecule has 0 spiro atoms. The first-order valence-corrected chi connectivity index (χ1v) is 13.1. The number of hydrogen-bond donors (Lipinski definition) is 1. The predicted octanol–water partition coefficient (Wildman–Crippen LogP) is 3.84. The molecule has 1 N–H and O–H groups in total. The highest BCUT2D eigenvalue weighted by Crippen LogP contribution is 2.37. The smallest absolute Gasteiger partial charge is 0.270 e. The summed E-state index contributed by atoms with van der Waals surface area (Å²) in [5.74, 6) is 0.154. The van der Waals surface area contributed by atoms with Crippen molar-refractivity contribution >= 4 is 22.4 Å².